The lowest BCUT2D eigenvalue weighted by Gasteiger charge is -2.29. The van der Waals surface area contributed by atoms with Gasteiger partial charge in [0.1, 0.15) is 17.8 Å². The molecule has 0 saturated heterocycles. The summed E-state index contributed by atoms with van der Waals surface area (Å²) < 4.78 is 19.3. The lowest BCUT2D eigenvalue weighted by molar-refractivity contribution is 0.564. The summed E-state index contributed by atoms with van der Waals surface area (Å²) in [5, 5.41) is 3.29. The van der Waals surface area contributed by atoms with E-state index in [1.165, 1.54) is 11.6 Å². The van der Waals surface area contributed by atoms with Crippen LogP contribution < -0.4 is 5.32 Å². The van der Waals surface area contributed by atoms with Crippen molar-refractivity contribution in [2.24, 2.45) is 4.99 Å². The van der Waals surface area contributed by atoms with Gasteiger partial charge < -0.3 is 9.73 Å². The molecule has 3 heterocycles. The first-order chi connectivity index (χ1) is 10.2. The zero-order valence-electron chi connectivity index (χ0n) is 11.1. The van der Waals surface area contributed by atoms with Gasteiger partial charge in [0.25, 0.3) is 0 Å². The zero-order valence-corrected chi connectivity index (χ0v) is 12.7. The Balaban J connectivity index is 1.91. The van der Waals surface area contributed by atoms with Crippen molar-refractivity contribution in [1.82, 2.24) is 5.32 Å². The Kier molecular flexibility index (Phi) is 3.05. The summed E-state index contributed by atoms with van der Waals surface area (Å²) in [4.78, 5) is 4.65. The number of furan rings is 1. The average molecular weight is 347 g/mol. The van der Waals surface area contributed by atoms with Crippen LogP contribution in [0.3, 0.4) is 0 Å². The van der Waals surface area contributed by atoms with E-state index in [-0.39, 0.29) is 11.7 Å². The van der Waals surface area contributed by atoms with Crippen molar-refractivity contribution in [3.8, 4) is 0 Å². The third-order valence-corrected chi connectivity index (χ3v) is 4.52. The molecule has 1 aromatic carbocycles. The van der Waals surface area contributed by atoms with Crippen LogP contribution in [0.2, 0.25) is 0 Å². The number of hydrogen-bond acceptors (Lipinski definition) is 3. The summed E-state index contributed by atoms with van der Waals surface area (Å²) >= 11 is 3.27. The molecule has 0 aliphatic carbocycles. The maximum atomic E-state index is 13.5. The van der Waals surface area contributed by atoms with Crippen LogP contribution in [0.15, 0.2) is 56.3 Å². The number of nitrogens with one attached hydrogen (secondary N) is 1. The van der Waals surface area contributed by atoms with E-state index in [0.29, 0.717) is 4.47 Å². The Labute approximate surface area is 129 Å². The fourth-order valence-corrected chi connectivity index (χ4v) is 3.35. The lowest BCUT2D eigenvalue weighted by Crippen LogP contribution is -2.33. The molecule has 2 aliphatic heterocycles. The van der Waals surface area contributed by atoms with Gasteiger partial charge in [0.15, 0.2) is 0 Å². The molecule has 4 rings (SSSR count). The van der Waals surface area contributed by atoms with E-state index in [1.807, 2.05) is 12.1 Å². The van der Waals surface area contributed by atoms with Crippen molar-refractivity contribution in [2.45, 2.75) is 5.92 Å². The van der Waals surface area contributed by atoms with E-state index in [1.54, 1.807) is 12.5 Å². The average Bonchev–Trinajstić information content (AvgIpc) is 2.95. The van der Waals surface area contributed by atoms with Crippen LogP contribution >= 0.6 is 15.9 Å². The van der Waals surface area contributed by atoms with Crippen LogP contribution in [-0.4, -0.2) is 18.8 Å². The van der Waals surface area contributed by atoms with Crippen LogP contribution in [0, 0.1) is 5.82 Å². The second kappa shape index (κ2) is 4.93. The van der Waals surface area contributed by atoms with Gasteiger partial charge in [0.05, 0.1) is 16.4 Å². The second-order valence-electron chi connectivity index (χ2n) is 5.17. The topological polar surface area (TPSA) is 37.5 Å². The van der Waals surface area contributed by atoms with Crippen molar-refractivity contribution in [2.75, 3.05) is 13.1 Å². The first kappa shape index (κ1) is 13.0. The highest BCUT2D eigenvalue weighted by molar-refractivity contribution is 9.10. The predicted octanol–water partition coefficient (Wildman–Crippen LogP) is 3.93. The van der Waals surface area contributed by atoms with Crippen LogP contribution in [0.25, 0.3) is 0 Å². The van der Waals surface area contributed by atoms with Gasteiger partial charge >= 0.3 is 0 Å². The molecular formula is C16H12BrFN2O. The van der Waals surface area contributed by atoms with Gasteiger partial charge in [-0.25, -0.2) is 9.38 Å². The van der Waals surface area contributed by atoms with Crippen LogP contribution in [0.4, 0.5) is 10.1 Å². The summed E-state index contributed by atoms with van der Waals surface area (Å²) in [6, 6.07) is 5.15. The van der Waals surface area contributed by atoms with E-state index >= 15 is 0 Å². The van der Waals surface area contributed by atoms with E-state index in [4.69, 9.17) is 4.42 Å². The van der Waals surface area contributed by atoms with Gasteiger partial charge in [-0.05, 0) is 39.2 Å². The maximum absolute atomic E-state index is 13.5. The van der Waals surface area contributed by atoms with Gasteiger partial charge in [-0.15, -0.1) is 0 Å². The standard InChI is InChI=1S/C16H12BrFN2O/c17-12-5-9(1-2-13(12)18)16-10-3-4-19-6-14(10)20-15-8-21-7-11(15)16/h1-3,5,7-8,16,19H,4,6H2. The Hall–Kier alpha value is -1.72. The van der Waals surface area contributed by atoms with E-state index in [9.17, 15) is 4.39 Å². The van der Waals surface area contributed by atoms with E-state index in [0.717, 1.165) is 35.6 Å². The lowest BCUT2D eigenvalue weighted by atomic mass is 9.80. The number of benzene rings is 1. The summed E-state index contributed by atoms with van der Waals surface area (Å²) in [6.07, 6.45) is 5.56. The maximum Gasteiger partial charge on any atom is 0.137 e. The number of fused-ring (bicyclic) bond motifs is 2. The summed E-state index contributed by atoms with van der Waals surface area (Å²) in [7, 11) is 0. The van der Waals surface area contributed by atoms with Crippen LogP contribution in [0.1, 0.15) is 17.0 Å². The smallest absolute Gasteiger partial charge is 0.137 e. The fourth-order valence-electron chi connectivity index (χ4n) is 2.95. The molecule has 2 aliphatic rings. The van der Waals surface area contributed by atoms with Gasteiger partial charge in [0.2, 0.25) is 0 Å². The van der Waals surface area contributed by atoms with Crippen molar-refractivity contribution in [1.29, 1.82) is 0 Å². The Morgan fingerprint density at radius 3 is 3.10 bits per heavy atom. The quantitative estimate of drug-likeness (QED) is 0.849. The largest absolute Gasteiger partial charge is 0.470 e. The van der Waals surface area contributed by atoms with Gasteiger partial charge in [-0.2, -0.15) is 0 Å². The fraction of sp³-hybridized carbons (Fsp3) is 0.188. The molecular weight excluding hydrogens is 335 g/mol. The predicted molar refractivity (Wildman–Crippen MR) is 82.7 cm³/mol. The summed E-state index contributed by atoms with van der Waals surface area (Å²) in [6.45, 7) is 1.57. The molecule has 0 bridgehead atoms. The molecule has 0 spiro atoms. The third kappa shape index (κ3) is 2.08. The van der Waals surface area contributed by atoms with Crippen LogP contribution in [-0.2, 0) is 0 Å². The number of rotatable bonds is 1. The molecule has 0 fully saturated rings. The minimum atomic E-state index is -0.254. The van der Waals surface area contributed by atoms with Gasteiger partial charge in [-0.1, -0.05) is 12.1 Å². The molecule has 0 radical (unpaired) electrons. The molecule has 21 heavy (non-hydrogen) atoms. The monoisotopic (exact) mass is 346 g/mol. The number of halogens is 2. The van der Waals surface area contributed by atoms with E-state index < -0.39 is 0 Å². The molecule has 3 nitrogen and oxygen atoms in total. The van der Waals surface area contributed by atoms with Gasteiger partial charge in [0, 0.05) is 24.6 Å². The normalized spacial score (nSPS) is 20.4. The molecule has 5 heteroatoms. The highest BCUT2D eigenvalue weighted by atomic mass is 79.9. The SMILES string of the molecule is Fc1ccc(C2C3=CCNCC3=Nc3cocc32)cc1Br. The third-order valence-electron chi connectivity index (χ3n) is 3.92. The van der Waals surface area contributed by atoms with Crippen molar-refractivity contribution >= 4 is 27.3 Å². The summed E-state index contributed by atoms with van der Waals surface area (Å²) in [5.74, 6) is -0.208. The summed E-state index contributed by atoms with van der Waals surface area (Å²) in [5.41, 5.74) is 5.13. The number of nitrogens with zero attached hydrogens (tertiary/aromatic N) is 1. The van der Waals surface area contributed by atoms with E-state index in [2.05, 4.69) is 32.3 Å². The van der Waals surface area contributed by atoms with Crippen molar-refractivity contribution in [3.05, 3.63) is 63.8 Å². The molecule has 0 amide bonds. The molecule has 1 unspecified atom stereocenters. The molecule has 2 aromatic rings. The van der Waals surface area contributed by atoms with Crippen LogP contribution in [0.5, 0.6) is 0 Å². The molecule has 1 N–H and O–H groups in total. The van der Waals surface area contributed by atoms with Crippen molar-refractivity contribution in [3.63, 3.8) is 0 Å². The Morgan fingerprint density at radius 1 is 1.33 bits per heavy atom. The first-order valence-electron chi connectivity index (χ1n) is 6.74. The number of hydrogen-bond donors (Lipinski definition) is 1. The Morgan fingerprint density at radius 2 is 2.24 bits per heavy atom. The highest BCUT2D eigenvalue weighted by Gasteiger charge is 2.31. The van der Waals surface area contributed by atoms with Crippen molar-refractivity contribution < 1.29 is 8.81 Å². The van der Waals surface area contributed by atoms with Gasteiger partial charge in [-0.3, -0.25) is 0 Å². The highest BCUT2D eigenvalue weighted by Crippen LogP contribution is 2.43. The Bertz CT molecular complexity index is 778. The molecule has 0 saturated carbocycles. The number of aliphatic imine (C=N–C) groups is 1. The minimum Gasteiger partial charge on any atom is -0.470 e. The minimum absolute atomic E-state index is 0.0465. The first-order valence-corrected chi connectivity index (χ1v) is 7.53. The molecule has 1 aromatic heterocycles. The molecule has 106 valence electrons. The second-order valence-corrected chi connectivity index (χ2v) is 6.02. The molecule has 1 atom stereocenters. The zero-order chi connectivity index (χ0) is 14.4.